The molecule has 0 heterocycles. The third-order valence-electron chi connectivity index (χ3n) is 3.66. The van der Waals surface area contributed by atoms with Gasteiger partial charge in [-0.2, -0.15) is 0 Å². The molecule has 0 aliphatic rings. The SMILES string of the molecule is CCOc1ccccc1/C=C/C(=O)O[C@H](C)C(=O)NCc1ccc(F)cc1. The van der Waals surface area contributed by atoms with Crippen LogP contribution in [0.15, 0.2) is 54.6 Å². The Morgan fingerprint density at radius 3 is 2.56 bits per heavy atom. The average Bonchev–Trinajstić information content (AvgIpc) is 2.66. The minimum absolute atomic E-state index is 0.221. The van der Waals surface area contributed by atoms with Crippen molar-refractivity contribution in [3.8, 4) is 5.75 Å². The van der Waals surface area contributed by atoms with Gasteiger partial charge in [0.25, 0.3) is 5.91 Å². The van der Waals surface area contributed by atoms with E-state index in [1.807, 2.05) is 25.1 Å². The van der Waals surface area contributed by atoms with Gasteiger partial charge in [0.15, 0.2) is 6.10 Å². The fourth-order valence-electron chi connectivity index (χ4n) is 2.27. The molecular weight excluding hydrogens is 349 g/mol. The maximum Gasteiger partial charge on any atom is 0.331 e. The van der Waals surface area contributed by atoms with Crippen LogP contribution in [-0.4, -0.2) is 24.6 Å². The summed E-state index contributed by atoms with van der Waals surface area (Å²) >= 11 is 0. The summed E-state index contributed by atoms with van der Waals surface area (Å²) in [5.74, 6) is -0.749. The standard InChI is InChI=1S/C21H22FNO4/c1-3-26-19-7-5-4-6-17(19)10-13-20(24)27-15(2)21(25)23-14-16-8-11-18(22)12-9-16/h4-13,15H,3,14H2,1-2H3,(H,23,25)/b13-10+/t15-/m1/s1. The second-order valence-electron chi connectivity index (χ2n) is 5.73. The third-order valence-corrected chi connectivity index (χ3v) is 3.66. The van der Waals surface area contributed by atoms with E-state index in [0.717, 1.165) is 11.1 Å². The van der Waals surface area contributed by atoms with Gasteiger partial charge in [0.2, 0.25) is 0 Å². The van der Waals surface area contributed by atoms with Gasteiger partial charge in [0, 0.05) is 18.2 Å². The van der Waals surface area contributed by atoms with Crippen LogP contribution in [0.25, 0.3) is 6.08 Å². The quantitative estimate of drug-likeness (QED) is 0.570. The number of carbonyl (C=O) groups excluding carboxylic acids is 2. The topological polar surface area (TPSA) is 64.6 Å². The Bertz CT molecular complexity index is 802. The van der Waals surface area contributed by atoms with Crippen molar-refractivity contribution in [1.82, 2.24) is 5.32 Å². The molecule has 2 aromatic carbocycles. The maximum atomic E-state index is 12.9. The maximum absolute atomic E-state index is 12.9. The lowest BCUT2D eigenvalue weighted by Gasteiger charge is -2.12. The monoisotopic (exact) mass is 371 g/mol. The normalized spacial score (nSPS) is 11.8. The summed E-state index contributed by atoms with van der Waals surface area (Å²) in [7, 11) is 0. The number of ether oxygens (including phenoxy) is 2. The number of carbonyl (C=O) groups is 2. The van der Waals surface area contributed by atoms with E-state index in [2.05, 4.69) is 5.32 Å². The van der Waals surface area contributed by atoms with Crippen LogP contribution in [0.3, 0.4) is 0 Å². The second-order valence-corrected chi connectivity index (χ2v) is 5.73. The predicted octanol–water partition coefficient (Wildman–Crippen LogP) is 3.49. The highest BCUT2D eigenvalue weighted by Gasteiger charge is 2.16. The van der Waals surface area contributed by atoms with Crippen LogP contribution in [0.5, 0.6) is 5.75 Å². The van der Waals surface area contributed by atoms with Crippen molar-refractivity contribution in [2.24, 2.45) is 0 Å². The molecule has 2 rings (SSSR count). The summed E-state index contributed by atoms with van der Waals surface area (Å²) in [4.78, 5) is 24.0. The summed E-state index contributed by atoms with van der Waals surface area (Å²) in [6.07, 6.45) is 1.88. The van der Waals surface area contributed by atoms with Gasteiger partial charge < -0.3 is 14.8 Å². The Morgan fingerprint density at radius 2 is 1.85 bits per heavy atom. The number of benzene rings is 2. The van der Waals surface area contributed by atoms with Crippen LogP contribution in [0.1, 0.15) is 25.0 Å². The van der Waals surface area contributed by atoms with Crippen molar-refractivity contribution in [2.75, 3.05) is 6.61 Å². The Kier molecular flexibility index (Phi) is 7.55. The fraction of sp³-hybridized carbons (Fsp3) is 0.238. The summed E-state index contributed by atoms with van der Waals surface area (Å²) in [5.41, 5.74) is 1.49. The van der Waals surface area contributed by atoms with Gasteiger partial charge in [0.1, 0.15) is 11.6 Å². The Balaban J connectivity index is 1.85. The molecular formula is C21H22FNO4. The summed E-state index contributed by atoms with van der Waals surface area (Å²) < 4.78 is 23.4. The first-order valence-corrected chi connectivity index (χ1v) is 8.62. The predicted molar refractivity (Wildman–Crippen MR) is 100 cm³/mol. The number of esters is 1. The van der Waals surface area contributed by atoms with E-state index < -0.39 is 18.0 Å². The molecule has 0 saturated heterocycles. The van der Waals surface area contributed by atoms with E-state index in [1.165, 1.54) is 25.1 Å². The lowest BCUT2D eigenvalue weighted by Crippen LogP contribution is -2.35. The zero-order valence-corrected chi connectivity index (χ0v) is 15.3. The molecule has 0 bridgehead atoms. The molecule has 142 valence electrons. The van der Waals surface area contributed by atoms with Crippen molar-refractivity contribution in [1.29, 1.82) is 0 Å². The van der Waals surface area contributed by atoms with Gasteiger partial charge in [-0.1, -0.05) is 30.3 Å². The van der Waals surface area contributed by atoms with Crippen molar-refractivity contribution in [2.45, 2.75) is 26.5 Å². The summed E-state index contributed by atoms with van der Waals surface area (Å²) in [5, 5.41) is 2.64. The van der Waals surface area contributed by atoms with E-state index in [0.29, 0.717) is 12.4 Å². The minimum atomic E-state index is -0.954. The molecule has 2 aromatic rings. The van der Waals surface area contributed by atoms with E-state index in [9.17, 15) is 14.0 Å². The van der Waals surface area contributed by atoms with Crippen molar-refractivity contribution < 1.29 is 23.5 Å². The number of hydrogen-bond donors (Lipinski definition) is 1. The van der Waals surface area contributed by atoms with Crippen LogP contribution >= 0.6 is 0 Å². The average molecular weight is 371 g/mol. The van der Waals surface area contributed by atoms with Gasteiger partial charge in [-0.25, -0.2) is 9.18 Å². The molecule has 0 aliphatic carbocycles. The number of amides is 1. The van der Waals surface area contributed by atoms with Gasteiger partial charge >= 0.3 is 5.97 Å². The number of halogens is 1. The molecule has 1 N–H and O–H groups in total. The molecule has 6 heteroatoms. The van der Waals surface area contributed by atoms with Gasteiger partial charge in [0.05, 0.1) is 6.61 Å². The molecule has 0 saturated carbocycles. The van der Waals surface area contributed by atoms with Crippen LogP contribution < -0.4 is 10.1 Å². The number of hydrogen-bond acceptors (Lipinski definition) is 4. The van der Waals surface area contributed by atoms with Gasteiger partial charge in [-0.05, 0) is 43.7 Å². The Hall–Kier alpha value is -3.15. The van der Waals surface area contributed by atoms with Crippen LogP contribution in [0.4, 0.5) is 4.39 Å². The van der Waals surface area contributed by atoms with E-state index in [-0.39, 0.29) is 12.4 Å². The van der Waals surface area contributed by atoms with Crippen LogP contribution in [-0.2, 0) is 20.9 Å². The largest absolute Gasteiger partial charge is 0.493 e. The highest BCUT2D eigenvalue weighted by molar-refractivity contribution is 5.90. The molecule has 0 spiro atoms. The van der Waals surface area contributed by atoms with E-state index in [4.69, 9.17) is 9.47 Å². The molecule has 0 radical (unpaired) electrons. The number of rotatable bonds is 8. The second kappa shape index (κ2) is 10.1. The lowest BCUT2D eigenvalue weighted by atomic mass is 10.2. The highest BCUT2D eigenvalue weighted by atomic mass is 19.1. The van der Waals surface area contributed by atoms with Crippen LogP contribution in [0.2, 0.25) is 0 Å². The highest BCUT2D eigenvalue weighted by Crippen LogP contribution is 2.19. The first-order chi connectivity index (χ1) is 13.0. The van der Waals surface area contributed by atoms with Crippen molar-refractivity contribution >= 4 is 18.0 Å². The smallest absolute Gasteiger partial charge is 0.331 e. The molecule has 1 atom stereocenters. The van der Waals surface area contributed by atoms with E-state index in [1.54, 1.807) is 24.3 Å². The molecule has 1 amide bonds. The first kappa shape index (κ1) is 20.2. The van der Waals surface area contributed by atoms with E-state index >= 15 is 0 Å². The van der Waals surface area contributed by atoms with Crippen LogP contribution in [0, 0.1) is 5.82 Å². The van der Waals surface area contributed by atoms with Gasteiger partial charge in [-0.3, -0.25) is 4.79 Å². The molecule has 0 aliphatic heterocycles. The lowest BCUT2D eigenvalue weighted by molar-refractivity contribution is -0.150. The molecule has 0 unspecified atom stereocenters. The Morgan fingerprint density at radius 1 is 1.15 bits per heavy atom. The summed E-state index contributed by atoms with van der Waals surface area (Å²) in [6, 6.07) is 13.1. The molecule has 5 nitrogen and oxygen atoms in total. The third kappa shape index (κ3) is 6.58. The fourth-order valence-corrected chi connectivity index (χ4v) is 2.27. The minimum Gasteiger partial charge on any atom is -0.493 e. The van der Waals surface area contributed by atoms with Crippen molar-refractivity contribution in [3.63, 3.8) is 0 Å². The van der Waals surface area contributed by atoms with Crippen molar-refractivity contribution in [3.05, 3.63) is 71.6 Å². The molecule has 27 heavy (non-hydrogen) atoms. The number of nitrogens with one attached hydrogen (secondary N) is 1. The zero-order valence-electron chi connectivity index (χ0n) is 15.3. The first-order valence-electron chi connectivity index (χ1n) is 8.62. The summed E-state index contributed by atoms with van der Waals surface area (Å²) in [6.45, 7) is 4.10. The zero-order chi connectivity index (χ0) is 19.6. The molecule has 0 fully saturated rings. The Labute approximate surface area is 157 Å². The molecule has 0 aromatic heterocycles. The van der Waals surface area contributed by atoms with Gasteiger partial charge in [-0.15, -0.1) is 0 Å². The number of para-hydroxylation sites is 1.